The average molecular weight is 375 g/mol. The highest BCUT2D eigenvalue weighted by atomic mass is 16.5. The van der Waals surface area contributed by atoms with Crippen molar-refractivity contribution >= 4 is 17.5 Å². The molecule has 5 nitrogen and oxygen atoms in total. The summed E-state index contributed by atoms with van der Waals surface area (Å²) in [5, 5.41) is 0. The Morgan fingerprint density at radius 1 is 1.04 bits per heavy atom. The molecule has 5 heteroatoms. The number of hydrogen-bond donors (Lipinski definition) is 0. The van der Waals surface area contributed by atoms with Gasteiger partial charge < -0.3 is 9.47 Å². The lowest BCUT2D eigenvalue weighted by Crippen LogP contribution is -2.32. The lowest BCUT2D eigenvalue weighted by atomic mass is 9.75. The van der Waals surface area contributed by atoms with Crippen LogP contribution in [0.1, 0.15) is 41.3 Å². The van der Waals surface area contributed by atoms with Crippen LogP contribution in [-0.2, 0) is 9.53 Å². The third kappa shape index (κ3) is 2.74. The van der Waals surface area contributed by atoms with Gasteiger partial charge in [0, 0.05) is 22.7 Å². The number of methoxy groups -OCH3 is 1. The molecule has 142 valence electrons. The van der Waals surface area contributed by atoms with Crippen molar-refractivity contribution in [3.05, 3.63) is 76.5 Å². The number of carbonyl (C=O) groups is 2. The first-order chi connectivity index (χ1) is 13.6. The lowest BCUT2D eigenvalue weighted by Gasteiger charge is -2.29. The first-order valence-electron chi connectivity index (χ1n) is 9.30. The van der Waals surface area contributed by atoms with Crippen LogP contribution in [0.3, 0.4) is 0 Å². The number of ether oxygens (including phenoxy) is 2. The Labute approximate surface area is 163 Å². The predicted octanol–water partition coefficient (Wildman–Crippen LogP) is 3.93. The number of Topliss-reactive ketones (excluding diaryl/α,β-unsaturated/α-hetero) is 1. The molecule has 0 bridgehead atoms. The Morgan fingerprint density at radius 3 is 2.36 bits per heavy atom. The van der Waals surface area contributed by atoms with Gasteiger partial charge in [0.1, 0.15) is 5.75 Å². The van der Waals surface area contributed by atoms with Gasteiger partial charge in [-0.25, -0.2) is 4.79 Å². The van der Waals surface area contributed by atoms with Crippen LogP contribution in [0.4, 0.5) is 0 Å². The van der Waals surface area contributed by atoms with Crippen LogP contribution >= 0.6 is 0 Å². The molecule has 2 aromatic rings. The monoisotopic (exact) mass is 375 g/mol. The number of fused-ring (bicyclic) bond motifs is 3. The van der Waals surface area contributed by atoms with Gasteiger partial charge in [-0.1, -0.05) is 36.4 Å². The Bertz CT molecular complexity index is 1020. The van der Waals surface area contributed by atoms with Crippen molar-refractivity contribution < 1.29 is 19.1 Å². The SMILES string of the molecule is CCOc1ccc([C@H]2C(C(=O)OC)=C(C)N=C3c4ccccc4C(=O)C32)cc1. The maximum atomic E-state index is 13.3. The fourth-order valence-electron chi connectivity index (χ4n) is 4.13. The summed E-state index contributed by atoms with van der Waals surface area (Å²) in [5.41, 5.74) is 4.10. The third-order valence-electron chi connectivity index (χ3n) is 5.32. The number of esters is 1. The molecule has 1 heterocycles. The topological polar surface area (TPSA) is 65.0 Å². The molecule has 28 heavy (non-hydrogen) atoms. The molecule has 0 saturated heterocycles. The summed E-state index contributed by atoms with van der Waals surface area (Å²) in [6, 6.07) is 15.0. The quantitative estimate of drug-likeness (QED) is 0.760. The second-order valence-corrected chi connectivity index (χ2v) is 6.85. The molecular weight excluding hydrogens is 354 g/mol. The van der Waals surface area contributed by atoms with E-state index in [4.69, 9.17) is 9.47 Å². The fourth-order valence-corrected chi connectivity index (χ4v) is 4.13. The van der Waals surface area contributed by atoms with Crippen molar-refractivity contribution in [2.45, 2.75) is 19.8 Å². The summed E-state index contributed by atoms with van der Waals surface area (Å²) in [6.45, 7) is 4.29. The Hall–Kier alpha value is -3.21. The van der Waals surface area contributed by atoms with Crippen LogP contribution in [0, 0.1) is 5.92 Å². The summed E-state index contributed by atoms with van der Waals surface area (Å²) in [6.07, 6.45) is 0. The number of aliphatic imine (C=N–C) groups is 1. The second-order valence-electron chi connectivity index (χ2n) is 6.85. The van der Waals surface area contributed by atoms with E-state index in [-0.39, 0.29) is 5.78 Å². The van der Waals surface area contributed by atoms with Crippen molar-refractivity contribution in [1.29, 1.82) is 0 Å². The standard InChI is InChI=1S/C23H21NO4/c1-4-28-15-11-9-14(10-12-15)19-18(23(26)27-3)13(2)24-21-16-7-5-6-8-17(16)22(25)20(19)21/h5-12,19-20H,4H2,1-3H3/t19-,20?/m0/s1. The number of rotatable bonds is 4. The molecule has 2 atom stereocenters. The molecule has 4 rings (SSSR count). The molecule has 2 aromatic carbocycles. The minimum atomic E-state index is -0.534. The third-order valence-corrected chi connectivity index (χ3v) is 5.32. The van der Waals surface area contributed by atoms with E-state index in [0.717, 1.165) is 22.6 Å². The highest BCUT2D eigenvalue weighted by Crippen LogP contribution is 2.46. The van der Waals surface area contributed by atoms with Gasteiger partial charge in [0.15, 0.2) is 5.78 Å². The smallest absolute Gasteiger partial charge is 0.336 e. The zero-order valence-corrected chi connectivity index (χ0v) is 16.1. The summed E-state index contributed by atoms with van der Waals surface area (Å²) < 4.78 is 10.6. The van der Waals surface area contributed by atoms with E-state index in [1.165, 1.54) is 7.11 Å². The molecule has 0 radical (unpaired) electrons. The molecule has 0 spiro atoms. The van der Waals surface area contributed by atoms with Gasteiger partial charge >= 0.3 is 5.97 Å². The molecule has 0 N–H and O–H groups in total. The zero-order chi connectivity index (χ0) is 19.8. The highest BCUT2D eigenvalue weighted by molar-refractivity contribution is 6.30. The van der Waals surface area contributed by atoms with E-state index >= 15 is 0 Å². The van der Waals surface area contributed by atoms with E-state index in [1.807, 2.05) is 55.5 Å². The van der Waals surface area contributed by atoms with Crippen molar-refractivity contribution in [1.82, 2.24) is 0 Å². The van der Waals surface area contributed by atoms with Crippen molar-refractivity contribution in [3.8, 4) is 5.75 Å². The Morgan fingerprint density at radius 2 is 1.71 bits per heavy atom. The molecule has 0 aromatic heterocycles. The predicted molar refractivity (Wildman–Crippen MR) is 106 cm³/mol. The van der Waals surface area contributed by atoms with Crippen LogP contribution in [0.5, 0.6) is 5.75 Å². The average Bonchev–Trinajstić information content (AvgIpc) is 2.99. The molecule has 0 saturated carbocycles. The highest BCUT2D eigenvalue weighted by Gasteiger charge is 2.47. The minimum absolute atomic E-state index is 0.0119. The number of allylic oxidation sites excluding steroid dienone is 1. The van der Waals surface area contributed by atoms with Crippen molar-refractivity contribution in [2.75, 3.05) is 13.7 Å². The summed E-state index contributed by atoms with van der Waals surface area (Å²) in [4.78, 5) is 30.5. The lowest BCUT2D eigenvalue weighted by molar-refractivity contribution is -0.136. The minimum Gasteiger partial charge on any atom is -0.494 e. The van der Waals surface area contributed by atoms with Gasteiger partial charge in [-0.3, -0.25) is 9.79 Å². The fraction of sp³-hybridized carbons (Fsp3) is 0.261. The first kappa shape index (κ1) is 18.2. The van der Waals surface area contributed by atoms with E-state index < -0.39 is 17.8 Å². The van der Waals surface area contributed by atoms with Crippen LogP contribution in [0.25, 0.3) is 0 Å². The molecule has 1 aliphatic heterocycles. The maximum Gasteiger partial charge on any atom is 0.336 e. The van der Waals surface area contributed by atoms with Gasteiger partial charge in [-0.05, 0) is 31.5 Å². The molecule has 0 amide bonds. The van der Waals surface area contributed by atoms with E-state index in [9.17, 15) is 9.59 Å². The molecule has 2 aliphatic rings. The van der Waals surface area contributed by atoms with Gasteiger partial charge in [-0.2, -0.15) is 0 Å². The van der Waals surface area contributed by atoms with Crippen molar-refractivity contribution in [2.24, 2.45) is 10.9 Å². The zero-order valence-electron chi connectivity index (χ0n) is 16.1. The van der Waals surface area contributed by atoms with Crippen LogP contribution in [0.15, 0.2) is 64.8 Å². The number of carbonyl (C=O) groups excluding carboxylic acids is 2. The molecular formula is C23H21NO4. The van der Waals surface area contributed by atoms with Crippen LogP contribution < -0.4 is 4.74 Å². The van der Waals surface area contributed by atoms with Gasteiger partial charge in [0.25, 0.3) is 0 Å². The summed E-state index contributed by atoms with van der Waals surface area (Å²) >= 11 is 0. The van der Waals surface area contributed by atoms with E-state index in [1.54, 1.807) is 6.92 Å². The van der Waals surface area contributed by atoms with Gasteiger partial charge in [0.2, 0.25) is 0 Å². The van der Waals surface area contributed by atoms with Crippen LogP contribution in [0.2, 0.25) is 0 Å². The summed E-state index contributed by atoms with van der Waals surface area (Å²) in [7, 11) is 1.35. The number of hydrogen-bond acceptors (Lipinski definition) is 5. The second kappa shape index (κ2) is 7.08. The Kier molecular flexibility index (Phi) is 4.59. The number of benzene rings is 2. The maximum absolute atomic E-state index is 13.3. The molecule has 1 aliphatic carbocycles. The first-order valence-corrected chi connectivity index (χ1v) is 9.30. The molecule has 0 fully saturated rings. The van der Waals surface area contributed by atoms with Gasteiger partial charge in [-0.15, -0.1) is 0 Å². The van der Waals surface area contributed by atoms with E-state index in [2.05, 4.69) is 4.99 Å². The normalized spacial score (nSPS) is 20.4. The number of nitrogens with zero attached hydrogens (tertiary/aromatic N) is 1. The van der Waals surface area contributed by atoms with Crippen molar-refractivity contribution in [3.63, 3.8) is 0 Å². The molecule has 1 unspecified atom stereocenters. The van der Waals surface area contributed by atoms with E-state index in [0.29, 0.717) is 23.4 Å². The summed E-state index contributed by atoms with van der Waals surface area (Å²) in [5.74, 6) is -0.703. The largest absolute Gasteiger partial charge is 0.494 e. The van der Waals surface area contributed by atoms with Crippen LogP contribution in [-0.4, -0.2) is 31.2 Å². The Balaban J connectivity index is 1.88. The number of ketones is 1. The van der Waals surface area contributed by atoms with Gasteiger partial charge in [0.05, 0.1) is 30.9 Å².